The van der Waals surface area contributed by atoms with E-state index in [1.807, 2.05) is 44.2 Å². The van der Waals surface area contributed by atoms with E-state index in [0.717, 1.165) is 36.6 Å². The molecule has 1 atom stereocenters. The lowest BCUT2D eigenvalue weighted by Crippen LogP contribution is -2.33. The fourth-order valence-electron chi connectivity index (χ4n) is 3.37. The minimum atomic E-state index is -0.465. The Morgan fingerprint density at radius 1 is 1.14 bits per heavy atom. The van der Waals surface area contributed by atoms with Crippen molar-refractivity contribution in [3.05, 3.63) is 69.6 Å². The van der Waals surface area contributed by atoms with Gasteiger partial charge in [0.1, 0.15) is 22.5 Å². The van der Waals surface area contributed by atoms with Crippen LogP contribution in [0, 0.1) is 0 Å². The van der Waals surface area contributed by atoms with E-state index in [4.69, 9.17) is 14.3 Å². The standard InChI is InChI=1S/C24H28O4/c1-17(8-6-9-18(2)16-25)10-7-14-24(3)15-13-20-22(28-24)19-11-4-5-12-21(19)27-23(20)26/h4-5,9-13,15,25H,6-8,14,16H2,1-3H3/b17-10+,18-9-. The molecule has 1 N–H and O–H groups in total. The second-order valence-corrected chi connectivity index (χ2v) is 7.71. The Hall–Kier alpha value is -2.59. The number of fused-ring (bicyclic) bond motifs is 3. The van der Waals surface area contributed by atoms with Crippen LogP contribution in [0.3, 0.4) is 0 Å². The van der Waals surface area contributed by atoms with Crippen LogP contribution in [0.1, 0.15) is 52.0 Å². The van der Waals surface area contributed by atoms with E-state index in [0.29, 0.717) is 16.9 Å². The van der Waals surface area contributed by atoms with Gasteiger partial charge in [0.05, 0.1) is 12.0 Å². The van der Waals surface area contributed by atoms with Gasteiger partial charge in [0.2, 0.25) is 0 Å². The quantitative estimate of drug-likeness (QED) is 0.516. The minimum absolute atomic E-state index is 0.124. The van der Waals surface area contributed by atoms with E-state index < -0.39 is 5.60 Å². The van der Waals surface area contributed by atoms with Gasteiger partial charge in [-0.3, -0.25) is 0 Å². The highest BCUT2D eigenvalue weighted by Gasteiger charge is 2.29. The molecule has 0 aliphatic carbocycles. The summed E-state index contributed by atoms with van der Waals surface area (Å²) in [6.45, 7) is 6.25. The molecule has 4 nitrogen and oxygen atoms in total. The monoisotopic (exact) mass is 380 g/mol. The van der Waals surface area contributed by atoms with E-state index in [1.165, 1.54) is 5.57 Å². The Morgan fingerprint density at radius 2 is 1.89 bits per heavy atom. The van der Waals surface area contributed by atoms with Crippen molar-refractivity contribution in [2.75, 3.05) is 6.61 Å². The van der Waals surface area contributed by atoms with E-state index in [1.54, 1.807) is 6.07 Å². The summed E-state index contributed by atoms with van der Waals surface area (Å²) in [6, 6.07) is 7.47. The van der Waals surface area contributed by atoms with Crippen LogP contribution in [0.4, 0.5) is 0 Å². The number of aliphatic hydroxyl groups excluding tert-OH is 1. The number of rotatable bonds is 7. The zero-order valence-electron chi connectivity index (χ0n) is 16.8. The maximum atomic E-state index is 12.2. The Morgan fingerprint density at radius 3 is 2.68 bits per heavy atom. The Labute approximate surface area is 165 Å². The van der Waals surface area contributed by atoms with Gasteiger partial charge in [-0.15, -0.1) is 0 Å². The summed E-state index contributed by atoms with van der Waals surface area (Å²) in [4.78, 5) is 12.2. The van der Waals surface area contributed by atoms with E-state index in [2.05, 4.69) is 19.1 Å². The van der Waals surface area contributed by atoms with Crippen molar-refractivity contribution in [1.82, 2.24) is 0 Å². The van der Waals surface area contributed by atoms with Crippen molar-refractivity contribution in [3.63, 3.8) is 0 Å². The lowest BCUT2D eigenvalue weighted by Gasteiger charge is -2.31. The van der Waals surface area contributed by atoms with Crippen LogP contribution in [0.15, 0.2) is 62.9 Å². The predicted octanol–water partition coefficient (Wildman–Crippen LogP) is 5.40. The number of hydrogen-bond acceptors (Lipinski definition) is 4. The minimum Gasteiger partial charge on any atom is -0.482 e. The maximum Gasteiger partial charge on any atom is 0.347 e. The van der Waals surface area contributed by atoms with Gasteiger partial charge in [0.25, 0.3) is 0 Å². The molecule has 1 aliphatic rings. The molecule has 0 amide bonds. The molecular formula is C24H28O4. The van der Waals surface area contributed by atoms with Gasteiger partial charge in [-0.1, -0.05) is 35.4 Å². The molecule has 148 valence electrons. The van der Waals surface area contributed by atoms with Crippen molar-refractivity contribution in [1.29, 1.82) is 0 Å². The van der Waals surface area contributed by atoms with E-state index in [9.17, 15) is 4.79 Å². The molecule has 4 heteroatoms. The third-order valence-corrected chi connectivity index (χ3v) is 5.15. The Balaban J connectivity index is 1.69. The van der Waals surface area contributed by atoms with Crippen LogP contribution in [0.25, 0.3) is 17.0 Å². The summed E-state index contributed by atoms with van der Waals surface area (Å²) < 4.78 is 11.7. The molecule has 0 radical (unpaired) electrons. The lowest BCUT2D eigenvalue weighted by molar-refractivity contribution is 0.130. The predicted molar refractivity (Wildman–Crippen MR) is 114 cm³/mol. The first-order chi connectivity index (χ1) is 13.4. The molecular weight excluding hydrogens is 352 g/mol. The third kappa shape index (κ3) is 4.63. The van der Waals surface area contributed by atoms with Crippen molar-refractivity contribution >= 4 is 17.0 Å². The van der Waals surface area contributed by atoms with Crippen LogP contribution >= 0.6 is 0 Å². The molecule has 1 unspecified atom stereocenters. The molecule has 2 aromatic rings. The molecule has 1 aromatic carbocycles. The van der Waals surface area contributed by atoms with Crippen LogP contribution in [0.2, 0.25) is 0 Å². The second-order valence-electron chi connectivity index (χ2n) is 7.71. The molecule has 3 rings (SSSR count). The number of hydrogen-bond donors (Lipinski definition) is 1. The van der Waals surface area contributed by atoms with Crippen LogP contribution in [-0.2, 0) is 0 Å². The van der Waals surface area contributed by atoms with Gasteiger partial charge >= 0.3 is 5.63 Å². The highest BCUT2D eigenvalue weighted by atomic mass is 16.5. The lowest BCUT2D eigenvalue weighted by atomic mass is 9.94. The molecule has 0 spiro atoms. The van der Waals surface area contributed by atoms with Crippen LogP contribution in [-0.4, -0.2) is 17.3 Å². The second kappa shape index (κ2) is 8.61. The van der Waals surface area contributed by atoms with Gasteiger partial charge in [0, 0.05) is 0 Å². The smallest absolute Gasteiger partial charge is 0.347 e. The molecule has 0 fully saturated rings. The average molecular weight is 380 g/mol. The fraction of sp³-hybridized carbons (Fsp3) is 0.375. The largest absolute Gasteiger partial charge is 0.482 e. The molecule has 0 bridgehead atoms. The number of para-hydroxylation sites is 1. The summed E-state index contributed by atoms with van der Waals surface area (Å²) in [7, 11) is 0. The molecule has 0 saturated heterocycles. The van der Waals surface area contributed by atoms with Crippen molar-refractivity contribution in [3.8, 4) is 5.75 Å². The van der Waals surface area contributed by atoms with Gasteiger partial charge in [-0.25, -0.2) is 4.79 Å². The van der Waals surface area contributed by atoms with Crippen molar-refractivity contribution < 1.29 is 14.3 Å². The fourth-order valence-corrected chi connectivity index (χ4v) is 3.37. The van der Waals surface area contributed by atoms with E-state index >= 15 is 0 Å². The zero-order chi connectivity index (χ0) is 20.1. The third-order valence-electron chi connectivity index (χ3n) is 5.15. The van der Waals surface area contributed by atoms with Gasteiger partial charge < -0.3 is 14.3 Å². The number of allylic oxidation sites excluding steroid dienone is 3. The highest BCUT2D eigenvalue weighted by Crippen LogP contribution is 2.37. The molecule has 0 saturated carbocycles. The van der Waals surface area contributed by atoms with E-state index in [-0.39, 0.29) is 12.2 Å². The first-order valence-corrected chi connectivity index (χ1v) is 9.78. The van der Waals surface area contributed by atoms with Gasteiger partial charge in [0.15, 0.2) is 0 Å². The average Bonchev–Trinajstić information content (AvgIpc) is 2.67. The number of aliphatic hydroxyl groups is 1. The van der Waals surface area contributed by atoms with Crippen LogP contribution in [0.5, 0.6) is 5.75 Å². The molecule has 1 aliphatic heterocycles. The summed E-state index contributed by atoms with van der Waals surface area (Å²) in [5, 5.41) is 9.86. The van der Waals surface area contributed by atoms with Crippen molar-refractivity contribution in [2.24, 2.45) is 0 Å². The summed E-state index contributed by atoms with van der Waals surface area (Å²) in [5.41, 5.74) is 2.54. The summed E-state index contributed by atoms with van der Waals surface area (Å²) in [6.07, 6.45) is 11.8. The maximum absolute atomic E-state index is 12.2. The highest BCUT2D eigenvalue weighted by molar-refractivity contribution is 5.87. The Kier molecular flexibility index (Phi) is 6.20. The first kappa shape index (κ1) is 20.2. The molecule has 2 heterocycles. The summed E-state index contributed by atoms with van der Waals surface area (Å²) >= 11 is 0. The molecule has 1 aromatic heterocycles. The van der Waals surface area contributed by atoms with Gasteiger partial charge in [-0.2, -0.15) is 0 Å². The normalized spacial score (nSPS) is 19.6. The SMILES string of the molecule is C/C(=C/CC/C(C)=C/CCC1(C)C=Cc2c(c3ccccc3oc2=O)O1)CO. The van der Waals surface area contributed by atoms with Crippen LogP contribution < -0.4 is 10.4 Å². The first-order valence-electron chi connectivity index (χ1n) is 9.78. The summed E-state index contributed by atoms with van der Waals surface area (Å²) in [5.74, 6) is 0.613. The van der Waals surface area contributed by atoms with Crippen molar-refractivity contribution in [2.45, 2.75) is 52.1 Å². The topological polar surface area (TPSA) is 59.7 Å². The molecule has 28 heavy (non-hydrogen) atoms. The Bertz CT molecular complexity index is 993. The van der Waals surface area contributed by atoms with Gasteiger partial charge in [-0.05, 0) is 70.7 Å². The number of ether oxygens (including phenoxy) is 1. The zero-order valence-corrected chi connectivity index (χ0v) is 16.8. The number of benzene rings is 1.